The van der Waals surface area contributed by atoms with Crippen molar-refractivity contribution in [3.63, 3.8) is 0 Å². The van der Waals surface area contributed by atoms with Crippen LogP contribution < -0.4 is 5.46 Å². The van der Waals surface area contributed by atoms with E-state index in [2.05, 4.69) is 18.9 Å². The molecule has 4 aliphatic carbocycles. The molecule has 5 rings (SSSR count). The molecule has 0 bridgehead atoms. The number of ketones is 1. The number of aliphatic hydroxyl groups is 1. The van der Waals surface area contributed by atoms with Crippen molar-refractivity contribution >= 4 is 18.4 Å². The maximum atomic E-state index is 13.4. The Morgan fingerprint density at radius 3 is 2.53 bits per heavy atom. The summed E-state index contributed by atoms with van der Waals surface area (Å²) in [6.07, 6.45) is 12.9. The van der Waals surface area contributed by atoms with E-state index in [0.717, 1.165) is 44.4 Å². The summed E-state index contributed by atoms with van der Waals surface area (Å²) in [5, 5.41) is 33.5. The number of carbonyl (C=O) groups excluding carboxylic acids is 1. The zero-order valence-electron chi connectivity index (χ0n) is 19.8. The molecule has 0 aliphatic heterocycles. The molecular formula is C25H39BN2O4. The molecule has 4 aliphatic rings. The van der Waals surface area contributed by atoms with Gasteiger partial charge in [0.25, 0.3) is 0 Å². The Morgan fingerprint density at radius 2 is 1.81 bits per heavy atom. The van der Waals surface area contributed by atoms with Crippen LogP contribution in [0.3, 0.4) is 0 Å². The maximum Gasteiger partial charge on any atom is 0.491 e. The highest BCUT2D eigenvalue weighted by Gasteiger charge is 2.61. The molecule has 4 saturated carbocycles. The van der Waals surface area contributed by atoms with Gasteiger partial charge in [-0.25, -0.2) is 0 Å². The fraction of sp³-hybridized carbons (Fsp3) is 0.840. The molecule has 0 spiro atoms. The first-order valence-electron chi connectivity index (χ1n) is 12.7. The van der Waals surface area contributed by atoms with Gasteiger partial charge in [-0.1, -0.05) is 13.8 Å². The van der Waals surface area contributed by atoms with Crippen LogP contribution in [0.25, 0.3) is 0 Å². The highest BCUT2D eigenvalue weighted by Crippen LogP contribution is 2.68. The SMILES string of the molecule is C[C@@]1(O)CC[C@@]2(C)[C@H](CC[C@@H]3[C@@H]2CC[C@]2(C)[C@@H](C(=O)Cn4cc(B(O)O)cn4)CC[C@@H]32)C1. The van der Waals surface area contributed by atoms with Crippen molar-refractivity contribution in [3.05, 3.63) is 12.4 Å². The Labute approximate surface area is 191 Å². The van der Waals surface area contributed by atoms with E-state index in [4.69, 9.17) is 0 Å². The molecule has 4 fully saturated rings. The van der Waals surface area contributed by atoms with Gasteiger partial charge in [0.2, 0.25) is 0 Å². The minimum Gasteiger partial charge on any atom is -0.423 e. The van der Waals surface area contributed by atoms with E-state index < -0.39 is 12.7 Å². The summed E-state index contributed by atoms with van der Waals surface area (Å²) >= 11 is 0. The van der Waals surface area contributed by atoms with Gasteiger partial charge in [0.1, 0.15) is 0 Å². The van der Waals surface area contributed by atoms with E-state index in [1.807, 2.05) is 6.92 Å². The Balaban J connectivity index is 1.32. The van der Waals surface area contributed by atoms with Crippen LogP contribution in [0, 0.1) is 40.4 Å². The largest absolute Gasteiger partial charge is 0.491 e. The van der Waals surface area contributed by atoms with E-state index in [-0.39, 0.29) is 23.7 Å². The summed E-state index contributed by atoms with van der Waals surface area (Å²) in [5.41, 5.74) is 0.230. The summed E-state index contributed by atoms with van der Waals surface area (Å²) in [5.74, 6) is 2.98. The van der Waals surface area contributed by atoms with Crippen LogP contribution in [0.2, 0.25) is 0 Å². The van der Waals surface area contributed by atoms with Crippen LogP contribution in [0.5, 0.6) is 0 Å². The third kappa shape index (κ3) is 3.50. The van der Waals surface area contributed by atoms with Gasteiger partial charge in [-0.2, -0.15) is 5.10 Å². The third-order valence-electron chi connectivity index (χ3n) is 10.6. The molecule has 32 heavy (non-hydrogen) atoms. The predicted octanol–water partition coefficient (Wildman–Crippen LogP) is 2.54. The number of Topliss-reactive ketones (excluding diaryl/α,β-unsaturated/α-hetero) is 1. The van der Waals surface area contributed by atoms with Crippen molar-refractivity contribution in [3.8, 4) is 0 Å². The predicted molar refractivity (Wildman–Crippen MR) is 123 cm³/mol. The number of fused-ring (bicyclic) bond motifs is 5. The van der Waals surface area contributed by atoms with E-state index >= 15 is 0 Å². The molecule has 7 heteroatoms. The molecule has 0 aromatic carbocycles. The molecule has 1 heterocycles. The first-order chi connectivity index (χ1) is 15.0. The lowest BCUT2D eigenvalue weighted by atomic mass is 9.44. The normalized spacial score (nSPS) is 45.6. The van der Waals surface area contributed by atoms with Gasteiger partial charge < -0.3 is 15.2 Å². The van der Waals surface area contributed by atoms with E-state index in [9.17, 15) is 19.9 Å². The van der Waals surface area contributed by atoms with Gasteiger partial charge in [-0.05, 0) is 99.2 Å². The minimum absolute atomic E-state index is 0.0636. The van der Waals surface area contributed by atoms with E-state index in [0.29, 0.717) is 28.6 Å². The summed E-state index contributed by atoms with van der Waals surface area (Å²) in [4.78, 5) is 13.4. The number of carbonyl (C=O) groups is 1. The minimum atomic E-state index is -1.55. The van der Waals surface area contributed by atoms with Gasteiger partial charge in [-0.3, -0.25) is 9.48 Å². The van der Waals surface area contributed by atoms with Crippen LogP contribution in [-0.4, -0.2) is 43.4 Å². The number of hydrogen-bond acceptors (Lipinski definition) is 5. The van der Waals surface area contributed by atoms with E-state index in [1.165, 1.54) is 25.5 Å². The topological polar surface area (TPSA) is 95.6 Å². The summed E-state index contributed by atoms with van der Waals surface area (Å²) < 4.78 is 1.56. The standard InChI is InChI=1S/C25H39BN2O4/c1-23(30)10-11-24(2)16(12-23)4-5-18-19-6-7-21(25(19,3)9-8-20(18)24)22(29)15-28-14-17(13-27-28)26(31)32/h13-14,16,18-21,30-32H,4-12,15H2,1-3H3/t16-,18+,19+,20+,21-,23-,24+,25+/m1/s1. The monoisotopic (exact) mass is 442 g/mol. The quantitative estimate of drug-likeness (QED) is 0.623. The first kappa shape index (κ1) is 22.6. The second-order valence-electron chi connectivity index (χ2n) is 12.3. The molecule has 8 atom stereocenters. The first-order valence-corrected chi connectivity index (χ1v) is 12.7. The van der Waals surface area contributed by atoms with Crippen molar-refractivity contribution in [2.24, 2.45) is 40.4 Å². The molecule has 0 amide bonds. The second kappa shape index (κ2) is 7.67. The third-order valence-corrected chi connectivity index (χ3v) is 10.6. The summed E-state index contributed by atoms with van der Waals surface area (Å²) in [6.45, 7) is 7.11. The average Bonchev–Trinajstić information content (AvgIpc) is 3.32. The Kier molecular flexibility index (Phi) is 5.42. The number of rotatable bonds is 4. The summed E-state index contributed by atoms with van der Waals surface area (Å²) in [6, 6.07) is 0. The van der Waals surface area contributed by atoms with Crippen molar-refractivity contribution < 1.29 is 19.9 Å². The van der Waals surface area contributed by atoms with E-state index in [1.54, 1.807) is 10.9 Å². The lowest BCUT2D eigenvalue weighted by Crippen LogP contribution is -2.55. The van der Waals surface area contributed by atoms with Crippen molar-refractivity contribution in [1.82, 2.24) is 9.78 Å². The van der Waals surface area contributed by atoms with Gasteiger partial charge in [-0.15, -0.1) is 0 Å². The van der Waals surface area contributed by atoms with Crippen molar-refractivity contribution in [2.75, 3.05) is 0 Å². The van der Waals surface area contributed by atoms with Crippen LogP contribution in [-0.2, 0) is 11.3 Å². The van der Waals surface area contributed by atoms with Gasteiger partial charge in [0.15, 0.2) is 5.78 Å². The smallest absolute Gasteiger partial charge is 0.423 e. The number of nitrogens with zero attached hydrogens (tertiary/aromatic N) is 2. The zero-order chi connectivity index (χ0) is 22.9. The Bertz CT molecular complexity index is 885. The highest BCUT2D eigenvalue weighted by atomic mass is 16.4. The molecular weight excluding hydrogens is 403 g/mol. The fourth-order valence-corrected chi connectivity index (χ4v) is 8.83. The fourth-order valence-electron chi connectivity index (χ4n) is 8.83. The lowest BCUT2D eigenvalue weighted by Gasteiger charge is -2.61. The Hall–Kier alpha value is -1.18. The molecule has 0 radical (unpaired) electrons. The number of aromatic nitrogens is 2. The lowest BCUT2D eigenvalue weighted by molar-refractivity contribution is -0.151. The highest BCUT2D eigenvalue weighted by molar-refractivity contribution is 6.58. The second-order valence-corrected chi connectivity index (χ2v) is 12.3. The molecule has 176 valence electrons. The number of hydrogen-bond donors (Lipinski definition) is 3. The summed E-state index contributed by atoms with van der Waals surface area (Å²) in [7, 11) is -1.55. The van der Waals surface area contributed by atoms with Gasteiger partial charge in [0, 0.05) is 23.8 Å². The van der Waals surface area contributed by atoms with Crippen LogP contribution >= 0.6 is 0 Å². The van der Waals surface area contributed by atoms with Crippen LogP contribution in [0.15, 0.2) is 12.4 Å². The van der Waals surface area contributed by atoms with Crippen LogP contribution in [0.1, 0.15) is 78.6 Å². The molecule has 0 unspecified atom stereocenters. The molecule has 6 nitrogen and oxygen atoms in total. The van der Waals surface area contributed by atoms with Gasteiger partial charge >= 0.3 is 7.12 Å². The van der Waals surface area contributed by atoms with Crippen molar-refractivity contribution in [1.29, 1.82) is 0 Å². The van der Waals surface area contributed by atoms with Crippen molar-refractivity contribution in [2.45, 2.75) is 90.7 Å². The molecule has 1 aromatic heterocycles. The molecule has 1 aromatic rings. The molecule has 0 saturated heterocycles. The average molecular weight is 442 g/mol. The molecule has 3 N–H and O–H groups in total. The maximum absolute atomic E-state index is 13.4. The zero-order valence-corrected chi connectivity index (χ0v) is 19.8. The Morgan fingerprint density at radius 1 is 1.06 bits per heavy atom. The van der Waals surface area contributed by atoms with Gasteiger partial charge in [0.05, 0.1) is 12.1 Å². The van der Waals surface area contributed by atoms with Crippen LogP contribution in [0.4, 0.5) is 0 Å².